The van der Waals surface area contributed by atoms with Gasteiger partial charge in [0.2, 0.25) is 11.6 Å². The van der Waals surface area contributed by atoms with E-state index >= 15 is 0 Å². The summed E-state index contributed by atoms with van der Waals surface area (Å²) in [7, 11) is 0. The average molecular weight is 467 g/mol. The molecule has 0 aromatic heterocycles. The third-order valence-electron chi connectivity index (χ3n) is 5.87. The standard InChI is InChI=1S/C23H30O6S2/c1-4-6-8-30-21-19(27)15-16(20(28)22(21)31-9-7-5-2)18(26)13-11-23(3,29)14(24)10-12(13)17(15)25/h14,24-26,29H,4-11H2,1-3H3/t14-,23+/m1/s1. The number of aliphatic hydroxyl groups excluding tert-OH is 1. The Kier molecular flexibility index (Phi) is 7.46. The lowest BCUT2D eigenvalue weighted by atomic mass is 9.75. The molecular weight excluding hydrogens is 436 g/mol. The number of allylic oxidation sites excluding steroid dienone is 2. The van der Waals surface area contributed by atoms with Gasteiger partial charge in [-0.25, -0.2) is 0 Å². The summed E-state index contributed by atoms with van der Waals surface area (Å²) < 4.78 is 0. The van der Waals surface area contributed by atoms with Crippen LogP contribution in [0.5, 0.6) is 11.5 Å². The smallest absolute Gasteiger partial charge is 0.205 e. The molecule has 8 heteroatoms. The van der Waals surface area contributed by atoms with Gasteiger partial charge in [0.1, 0.15) is 11.5 Å². The number of fused-ring (bicyclic) bond motifs is 2. The minimum absolute atomic E-state index is 0.114. The lowest BCUT2D eigenvalue weighted by Gasteiger charge is -2.37. The lowest BCUT2D eigenvalue weighted by molar-refractivity contribution is -0.0668. The van der Waals surface area contributed by atoms with E-state index in [1.54, 1.807) is 0 Å². The number of Topliss-reactive ketones (excluding diaryl/α,β-unsaturated/α-hetero) is 2. The molecule has 3 rings (SSSR count). The average Bonchev–Trinajstić information content (AvgIpc) is 2.71. The summed E-state index contributed by atoms with van der Waals surface area (Å²) in [6.45, 7) is 5.54. The number of aliphatic hydroxyl groups is 2. The number of hydrogen-bond acceptors (Lipinski definition) is 8. The molecule has 2 atom stereocenters. The largest absolute Gasteiger partial charge is 0.507 e. The van der Waals surface area contributed by atoms with Crippen molar-refractivity contribution in [1.29, 1.82) is 0 Å². The number of rotatable bonds is 8. The highest BCUT2D eigenvalue weighted by Crippen LogP contribution is 2.49. The second-order valence-corrected chi connectivity index (χ2v) is 10.6. The highest BCUT2D eigenvalue weighted by Gasteiger charge is 2.44. The first-order valence-electron chi connectivity index (χ1n) is 10.7. The van der Waals surface area contributed by atoms with Gasteiger partial charge in [-0.3, -0.25) is 9.59 Å². The molecule has 0 saturated carbocycles. The zero-order valence-electron chi connectivity index (χ0n) is 18.2. The summed E-state index contributed by atoms with van der Waals surface area (Å²) in [5.74, 6) is -0.317. The SMILES string of the molecule is CCCCSC1=C(SCCCC)C(=O)c2c(O)c3c(c(O)c2C1=O)C[C@@H](O)[C@@](C)(O)C3. The van der Waals surface area contributed by atoms with E-state index in [1.807, 2.05) is 13.8 Å². The highest BCUT2D eigenvalue weighted by molar-refractivity contribution is 8.08. The van der Waals surface area contributed by atoms with Crippen molar-refractivity contribution in [2.24, 2.45) is 0 Å². The molecule has 0 saturated heterocycles. The normalized spacial score (nSPS) is 23.2. The number of hydrogen-bond donors (Lipinski definition) is 4. The number of benzene rings is 1. The van der Waals surface area contributed by atoms with Crippen molar-refractivity contribution in [3.05, 3.63) is 32.1 Å². The number of thioether (sulfide) groups is 2. The maximum absolute atomic E-state index is 13.5. The van der Waals surface area contributed by atoms with Gasteiger partial charge in [-0.15, -0.1) is 23.5 Å². The van der Waals surface area contributed by atoms with E-state index in [0.29, 0.717) is 21.3 Å². The van der Waals surface area contributed by atoms with Gasteiger partial charge in [0.05, 0.1) is 32.6 Å². The van der Waals surface area contributed by atoms with E-state index in [0.717, 1.165) is 25.7 Å². The summed E-state index contributed by atoms with van der Waals surface area (Å²) in [5.41, 5.74) is -1.45. The number of unbranched alkanes of at least 4 members (excludes halogenated alkanes) is 2. The van der Waals surface area contributed by atoms with Crippen molar-refractivity contribution < 1.29 is 30.0 Å². The summed E-state index contributed by atoms with van der Waals surface area (Å²) >= 11 is 2.64. The lowest BCUT2D eigenvalue weighted by Crippen LogP contribution is -2.46. The molecule has 4 N–H and O–H groups in total. The number of ketones is 2. The van der Waals surface area contributed by atoms with E-state index in [-0.39, 0.29) is 46.6 Å². The van der Waals surface area contributed by atoms with Crippen LogP contribution in [0.1, 0.15) is 78.3 Å². The molecule has 1 aromatic carbocycles. The molecule has 2 aliphatic rings. The van der Waals surface area contributed by atoms with E-state index < -0.39 is 23.3 Å². The van der Waals surface area contributed by atoms with E-state index in [4.69, 9.17) is 0 Å². The van der Waals surface area contributed by atoms with Crippen LogP contribution in [0.25, 0.3) is 0 Å². The Bertz CT molecular complexity index is 935. The van der Waals surface area contributed by atoms with Crippen molar-refractivity contribution in [2.75, 3.05) is 11.5 Å². The van der Waals surface area contributed by atoms with Gasteiger partial charge < -0.3 is 20.4 Å². The van der Waals surface area contributed by atoms with Gasteiger partial charge in [0.25, 0.3) is 0 Å². The Morgan fingerprint density at radius 3 is 1.81 bits per heavy atom. The first-order valence-corrected chi connectivity index (χ1v) is 12.7. The summed E-state index contributed by atoms with van der Waals surface area (Å²) in [4.78, 5) is 27.5. The van der Waals surface area contributed by atoms with Crippen LogP contribution in [0, 0.1) is 0 Å². The zero-order chi connectivity index (χ0) is 22.9. The predicted molar refractivity (Wildman–Crippen MR) is 124 cm³/mol. The van der Waals surface area contributed by atoms with Crippen LogP contribution in [-0.2, 0) is 12.8 Å². The number of phenols is 2. The van der Waals surface area contributed by atoms with Crippen molar-refractivity contribution in [3.63, 3.8) is 0 Å². The third-order valence-corrected chi connectivity index (χ3v) is 8.34. The number of aromatic hydroxyl groups is 2. The summed E-state index contributed by atoms with van der Waals surface area (Å²) in [6.07, 6.45) is 2.28. The molecule has 2 aliphatic carbocycles. The van der Waals surface area contributed by atoms with Gasteiger partial charge >= 0.3 is 0 Å². The predicted octanol–water partition coefficient (Wildman–Crippen LogP) is 3.97. The fourth-order valence-electron chi connectivity index (χ4n) is 3.90. The molecule has 0 unspecified atom stereocenters. The fourth-order valence-corrected chi connectivity index (χ4v) is 6.44. The Morgan fingerprint density at radius 2 is 1.35 bits per heavy atom. The van der Waals surface area contributed by atoms with E-state index in [2.05, 4.69) is 0 Å². The summed E-state index contributed by atoms with van der Waals surface area (Å²) in [5, 5.41) is 42.7. The minimum Gasteiger partial charge on any atom is -0.507 e. The summed E-state index contributed by atoms with van der Waals surface area (Å²) in [6, 6.07) is 0. The van der Waals surface area contributed by atoms with Gasteiger partial charge in [-0.1, -0.05) is 26.7 Å². The molecule has 31 heavy (non-hydrogen) atoms. The molecule has 0 radical (unpaired) electrons. The second kappa shape index (κ2) is 9.57. The Hall–Kier alpha value is -1.48. The van der Waals surface area contributed by atoms with Gasteiger partial charge in [-0.05, 0) is 31.3 Å². The van der Waals surface area contributed by atoms with Crippen LogP contribution in [0.4, 0.5) is 0 Å². The first-order chi connectivity index (χ1) is 14.7. The quantitative estimate of drug-likeness (QED) is 0.336. The number of carbonyl (C=O) groups is 2. The second-order valence-electron chi connectivity index (χ2n) is 8.38. The Labute approximate surface area is 191 Å². The molecule has 0 spiro atoms. The van der Waals surface area contributed by atoms with Crippen LogP contribution in [0.2, 0.25) is 0 Å². The van der Waals surface area contributed by atoms with Crippen molar-refractivity contribution >= 4 is 35.1 Å². The molecule has 0 aliphatic heterocycles. The number of phenolic OH excluding ortho intramolecular Hbond substituents is 2. The van der Waals surface area contributed by atoms with Crippen molar-refractivity contribution in [2.45, 2.75) is 71.0 Å². The third kappa shape index (κ3) is 4.40. The maximum atomic E-state index is 13.5. The molecule has 1 aromatic rings. The van der Waals surface area contributed by atoms with Crippen LogP contribution in [-0.4, -0.2) is 55.2 Å². The molecular formula is C23H30O6S2. The van der Waals surface area contributed by atoms with Crippen LogP contribution in [0.3, 0.4) is 0 Å². The molecule has 0 amide bonds. The first kappa shape index (κ1) is 24.2. The monoisotopic (exact) mass is 466 g/mol. The zero-order valence-corrected chi connectivity index (χ0v) is 19.8. The van der Waals surface area contributed by atoms with Gasteiger partial charge in [0.15, 0.2) is 0 Å². The van der Waals surface area contributed by atoms with E-state index in [9.17, 15) is 30.0 Å². The molecule has 170 valence electrons. The fraction of sp³-hybridized carbons (Fsp3) is 0.565. The van der Waals surface area contributed by atoms with Crippen molar-refractivity contribution in [3.8, 4) is 11.5 Å². The Morgan fingerprint density at radius 1 is 0.903 bits per heavy atom. The molecule has 0 fully saturated rings. The molecule has 0 heterocycles. The highest BCUT2D eigenvalue weighted by atomic mass is 32.2. The van der Waals surface area contributed by atoms with E-state index in [1.165, 1.54) is 30.4 Å². The van der Waals surface area contributed by atoms with Gasteiger partial charge in [0, 0.05) is 24.0 Å². The minimum atomic E-state index is -1.51. The van der Waals surface area contributed by atoms with Crippen LogP contribution in [0.15, 0.2) is 9.81 Å². The number of carbonyl (C=O) groups excluding carboxylic acids is 2. The molecule has 0 bridgehead atoms. The van der Waals surface area contributed by atoms with Gasteiger partial charge in [-0.2, -0.15) is 0 Å². The Balaban J connectivity index is 2.15. The molecule has 6 nitrogen and oxygen atoms in total. The van der Waals surface area contributed by atoms with Crippen LogP contribution < -0.4 is 0 Å². The topological polar surface area (TPSA) is 115 Å². The van der Waals surface area contributed by atoms with Crippen molar-refractivity contribution in [1.82, 2.24) is 0 Å². The maximum Gasteiger partial charge on any atom is 0.205 e. The van der Waals surface area contributed by atoms with Crippen LogP contribution >= 0.6 is 23.5 Å².